The molecule has 0 fully saturated rings. The molecule has 1 rings (SSSR count). The van der Waals surface area contributed by atoms with Crippen LogP contribution in [-0.2, 0) is 5.60 Å². The Kier molecular flexibility index (Phi) is 1.55. The maximum absolute atomic E-state index is 9.30. The summed E-state index contributed by atoms with van der Waals surface area (Å²) in [7, 11) is 0. The Morgan fingerprint density at radius 2 is 2.44 bits per heavy atom. The number of hydrogen-bond acceptors (Lipinski definition) is 3. The average Bonchev–Trinajstić information content (AvgIpc) is 2.08. The predicted octanol–water partition coefficient (Wildman–Crippen LogP) is 1.17. The van der Waals surface area contributed by atoms with Crippen molar-refractivity contribution in [1.82, 2.24) is 4.98 Å². The Morgan fingerprint density at radius 1 is 1.78 bits per heavy atom. The van der Waals surface area contributed by atoms with Crippen LogP contribution in [0.3, 0.4) is 0 Å². The summed E-state index contributed by atoms with van der Waals surface area (Å²) in [4.78, 5) is 3.83. The largest absolute Gasteiger partial charge is 0.384 e. The zero-order valence-electron chi connectivity index (χ0n) is 5.38. The zero-order chi connectivity index (χ0) is 6.91. The van der Waals surface area contributed by atoms with E-state index in [1.165, 1.54) is 11.3 Å². The maximum Gasteiger partial charge on any atom is 0.152 e. The smallest absolute Gasteiger partial charge is 0.152 e. The molecule has 1 aromatic heterocycles. The minimum Gasteiger partial charge on any atom is -0.384 e. The number of hydrogen-bond donors (Lipinski definition) is 1. The number of aromatic nitrogens is 1. The summed E-state index contributed by atoms with van der Waals surface area (Å²) in [6.07, 6.45) is 0. The molecule has 0 spiro atoms. The average molecular weight is 142 g/mol. The molecule has 0 saturated heterocycles. The highest BCUT2D eigenvalue weighted by Gasteiger charge is 2.17. The zero-order valence-corrected chi connectivity index (χ0v) is 6.20. The molecule has 0 aliphatic rings. The van der Waals surface area contributed by atoms with Gasteiger partial charge in [0.1, 0.15) is 5.60 Å². The molecular weight excluding hydrogens is 134 g/mol. The Morgan fingerprint density at radius 3 is 2.67 bits per heavy atom. The summed E-state index contributed by atoms with van der Waals surface area (Å²) in [5.74, 6) is 0. The topological polar surface area (TPSA) is 33.1 Å². The first-order chi connectivity index (χ1) is 4.11. The van der Waals surface area contributed by atoms with Crippen molar-refractivity contribution >= 4 is 11.3 Å². The van der Waals surface area contributed by atoms with Gasteiger partial charge < -0.3 is 5.11 Å². The Hall–Kier alpha value is -0.410. The molecule has 1 N–H and O–H groups in total. The molecule has 1 heterocycles. The van der Waals surface area contributed by atoms with E-state index in [2.05, 4.69) is 10.5 Å². The molecule has 1 aromatic rings. The lowest BCUT2D eigenvalue weighted by Crippen LogP contribution is -2.15. The fraction of sp³-hybridized carbons (Fsp3) is 0.500. The lowest BCUT2D eigenvalue weighted by molar-refractivity contribution is 0.0745. The summed E-state index contributed by atoms with van der Waals surface area (Å²) in [6.45, 7) is 3.41. The van der Waals surface area contributed by atoms with Crippen LogP contribution >= 0.6 is 11.3 Å². The highest BCUT2D eigenvalue weighted by Crippen LogP contribution is 2.17. The van der Waals surface area contributed by atoms with Crippen LogP contribution < -0.4 is 0 Å². The highest BCUT2D eigenvalue weighted by molar-refractivity contribution is 7.07. The van der Waals surface area contributed by atoms with E-state index >= 15 is 0 Å². The third-order valence-corrected chi connectivity index (χ3v) is 1.55. The van der Waals surface area contributed by atoms with Crippen LogP contribution in [-0.4, -0.2) is 10.1 Å². The van der Waals surface area contributed by atoms with Crippen LogP contribution in [0, 0.1) is 5.51 Å². The fourth-order valence-electron chi connectivity index (χ4n) is 0.465. The normalized spacial score (nSPS) is 11.9. The molecule has 3 heteroatoms. The number of rotatable bonds is 1. The molecule has 1 radical (unpaired) electrons. The molecule has 0 saturated carbocycles. The Labute approximate surface area is 58.2 Å². The second kappa shape index (κ2) is 2.08. The quantitative estimate of drug-likeness (QED) is 0.638. The summed E-state index contributed by atoms with van der Waals surface area (Å²) in [5.41, 5.74) is 2.55. The van der Waals surface area contributed by atoms with Crippen LogP contribution in [0.4, 0.5) is 0 Å². The first-order valence-electron chi connectivity index (χ1n) is 2.65. The predicted molar refractivity (Wildman–Crippen MR) is 36.2 cm³/mol. The van der Waals surface area contributed by atoms with Gasteiger partial charge in [-0.3, -0.25) is 0 Å². The van der Waals surface area contributed by atoms with E-state index in [-0.39, 0.29) is 0 Å². The standard InChI is InChI=1S/C6H8NOS/c1-6(2,8)5-3-9-4-7-5/h3,8H,1-2H3. The third kappa shape index (κ3) is 1.50. The summed E-state index contributed by atoms with van der Waals surface area (Å²) < 4.78 is 0. The van der Waals surface area contributed by atoms with E-state index in [0.717, 1.165) is 0 Å². The van der Waals surface area contributed by atoms with Gasteiger partial charge in [-0.1, -0.05) is 0 Å². The van der Waals surface area contributed by atoms with Gasteiger partial charge in [0.05, 0.1) is 5.69 Å². The van der Waals surface area contributed by atoms with Crippen LogP contribution in [0.1, 0.15) is 19.5 Å². The van der Waals surface area contributed by atoms with E-state index in [0.29, 0.717) is 5.69 Å². The van der Waals surface area contributed by atoms with Crippen LogP contribution in [0.2, 0.25) is 0 Å². The lowest BCUT2D eigenvalue weighted by Gasteiger charge is -2.12. The molecule has 0 aliphatic heterocycles. The molecule has 0 atom stereocenters. The van der Waals surface area contributed by atoms with Gasteiger partial charge in [0.15, 0.2) is 5.51 Å². The van der Waals surface area contributed by atoms with E-state index < -0.39 is 5.60 Å². The van der Waals surface area contributed by atoms with E-state index in [4.69, 9.17) is 0 Å². The summed E-state index contributed by atoms with van der Waals surface area (Å²) >= 11 is 1.37. The van der Waals surface area contributed by atoms with Gasteiger partial charge in [0.2, 0.25) is 0 Å². The molecule has 9 heavy (non-hydrogen) atoms. The van der Waals surface area contributed by atoms with Crippen molar-refractivity contribution in [2.45, 2.75) is 19.4 Å². The minimum absolute atomic E-state index is 0.688. The second-order valence-corrected chi connectivity index (χ2v) is 3.04. The van der Waals surface area contributed by atoms with Crippen molar-refractivity contribution in [3.63, 3.8) is 0 Å². The number of nitrogens with zero attached hydrogens (tertiary/aromatic N) is 1. The first-order valence-corrected chi connectivity index (χ1v) is 3.53. The lowest BCUT2D eigenvalue weighted by atomic mass is 10.1. The van der Waals surface area contributed by atoms with Crippen molar-refractivity contribution in [3.05, 3.63) is 16.6 Å². The van der Waals surface area contributed by atoms with Gasteiger partial charge in [-0.15, -0.1) is 11.3 Å². The third-order valence-electron chi connectivity index (χ3n) is 1.02. The molecule has 2 nitrogen and oxygen atoms in total. The van der Waals surface area contributed by atoms with Gasteiger partial charge in [-0.2, -0.15) is 0 Å². The second-order valence-electron chi connectivity index (χ2n) is 2.38. The summed E-state index contributed by atoms with van der Waals surface area (Å²) in [5, 5.41) is 11.1. The molecule has 0 unspecified atom stereocenters. The van der Waals surface area contributed by atoms with Gasteiger partial charge in [0, 0.05) is 5.38 Å². The highest BCUT2D eigenvalue weighted by atomic mass is 32.1. The number of thiazole rings is 1. The molecule has 0 aliphatic carbocycles. The monoisotopic (exact) mass is 142 g/mol. The number of aliphatic hydroxyl groups is 1. The summed E-state index contributed by atoms with van der Waals surface area (Å²) in [6, 6.07) is 0. The van der Waals surface area contributed by atoms with E-state index in [9.17, 15) is 5.11 Å². The van der Waals surface area contributed by atoms with Gasteiger partial charge in [0.25, 0.3) is 0 Å². The van der Waals surface area contributed by atoms with Crippen molar-refractivity contribution in [2.75, 3.05) is 0 Å². The van der Waals surface area contributed by atoms with Crippen molar-refractivity contribution in [3.8, 4) is 0 Å². The molecule has 0 amide bonds. The Bertz CT molecular complexity index is 175. The molecular formula is C6H8NOS. The van der Waals surface area contributed by atoms with Gasteiger partial charge in [-0.05, 0) is 13.8 Å². The maximum atomic E-state index is 9.30. The molecule has 0 aromatic carbocycles. The van der Waals surface area contributed by atoms with Crippen LogP contribution in [0.15, 0.2) is 5.38 Å². The van der Waals surface area contributed by atoms with Gasteiger partial charge >= 0.3 is 0 Å². The minimum atomic E-state index is -0.809. The van der Waals surface area contributed by atoms with Crippen molar-refractivity contribution < 1.29 is 5.11 Å². The molecule has 0 bridgehead atoms. The first kappa shape index (κ1) is 6.71. The van der Waals surface area contributed by atoms with E-state index in [1.54, 1.807) is 19.2 Å². The fourth-order valence-corrected chi connectivity index (χ4v) is 1.12. The van der Waals surface area contributed by atoms with Crippen LogP contribution in [0.5, 0.6) is 0 Å². The van der Waals surface area contributed by atoms with Gasteiger partial charge in [-0.25, -0.2) is 4.98 Å². The SMILES string of the molecule is CC(C)(O)c1cs[c]n1. The Balaban J connectivity index is 2.90. The van der Waals surface area contributed by atoms with Crippen molar-refractivity contribution in [2.24, 2.45) is 0 Å². The van der Waals surface area contributed by atoms with Crippen molar-refractivity contribution in [1.29, 1.82) is 0 Å². The molecule has 49 valence electrons. The van der Waals surface area contributed by atoms with E-state index in [1.807, 2.05) is 0 Å². The van der Waals surface area contributed by atoms with Crippen LogP contribution in [0.25, 0.3) is 0 Å².